The van der Waals surface area contributed by atoms with Crippen LogP contribution >= 0.6 is 0 Å². The Labute approximate surface area is 230 Å². The van der Waals surface area contributed by atoms with Crippen LogP contribution in [0.3, 0.4) is 0 Å². The Kier molecular flexibility index (Phi) is 9.20. The van der Waals surface area contributed by atoms with Gasteiger partial charge in [-0.05, 0) is 61.8 Å². The molecule has 1 amide bonds. The maximum atomic E-state index is 13.0. The molecule has 0 aromatic heterocycles. The SMILES string of the molecule is COc1cccc([C@]23CC[N@@+](C)(CC(C)C)CC2(O)CC[C@@H](NC(=O)CCCCCc2ccccc2)C3)c1. The van der Waals surface area contributed by atoms with Gasteiger partial charge < -0.3 is 19.6 Å². The van der Waals surface area contributed by atoms with Crippen LogP contribution in [0.4, 0.5) is 0 Å². The van der Waals surface area contributed by atoms with E-state index in [4.69, 9.17) is 4.74 Å². The van der Waals surface area contributed by atoms with Gasteiger partial charge >= 0.3 is 0 Å². The van der Waals surface area contributed by atoms with Crippen LogP contribution in [-0.4, -0.2) is 60.9 Å². The summed E-state index contributed by atoms with van der Waals surface area (Å²) in [7, 11) is 4.00. The Bertz CT molecular complexity index is 1060. The number of hydrogen-bond donors (Lipinski definition) is 2. The number of unbranched alkanes of at least 4 members (excludes halogenated alkanes) is 2. The van der Waals surface area contributed by atoms with Crippen molar-refractivity contribution in [1.29, 1.82) is 0 Å². The van der Waals surface area contributed by atoms with Gasteiger partial charge in [0.15, 0.2) is 0 Å². The second kappa shape index (κ2) is 12.2. The highest BCUT2D eigenvalue weighted by atomic mass is 16.5. The lowest BCUT2D eigenvalue weighted by Crippen LogP contribution is -2.71. The molecular formula is C33H49N2O3+. The van der Waals surface area contributed by atoms with Gasteiger partial charge in [0.2, 0.25) is 5.91 Å². The van der Waals surface area contributed by atoms with Crippen LogP contribution in [0, 0.1) is 5.92 Å². The highest BCUT2D eigenvalue weighted by molar-refractivity contribution is 5.76. The summed E-state index contributed by atoms with van der Waals surface area (Å²) in [6, 6.07) is 18.9. The summed E-state index contributed by atoms with van der Waals surface area (Å²) in [6.45, 7) is 7.39. The predicted octanol–water partition coefficient (Wildman–Crippen LogP) is 5.64. The minimum atomic E-state index is -0.806. The van der Waals surface area contributed by atoms with Gasteiger partial charge in [0.1, 0.15) is 17.9 Å². The van der Waals surface area contributed by atoms with Gasteiger partial charge in [-0.1, -0.05) is 62.7 Å². The van der Waals surface area contributed by atoms with Crippen molar-refractivity contribution in [1.82, 2.24) is 5.32 Å². The number of aryl methyl sites for hydroxylation is 1. The summed E-state index contributed by atoms with van der Waals surface area (Å²) in [5.74, 6) is 1.55. The molecule has 1 saturated heterocycles. The van der Waals surface area contributed by atoms with Crippen molar-refractivity contribution < 1.29 is 19.1 Å². The summed E-state index contributed by atoms with van der Waals surface area (Å²) >= 11 is 0. The minimum Gasteiger partial charge on any atom is -0.497 e. The third-order valence-electron chi connectivity index (χ3n) is 9.12. The molecule has 0 bridgehead atoms. The zero-order chi connectivity index (χ0) is 27.2. The first-order chi connectivity index (χ1) is 18.2. The number of nitrogens with one attached hydrogen (secondary N) is 1. The van der Waals surface area contributed by atoms with Gasteiger partial charge in [0.05, 0.1) is 27.2 Å². The molecule has 1 heterocycles. The smallest absolute Gasteiger partial charge is 0.220 e. The van der Waals surface area contributed by atoms with Crippen LogP contribution in [0.1, 0.15) is 76.3 Å². The molecule has 2 N–H and O–H groups in total. The number of hydrogen-bond acceptors (Lipinski definition) is 3. The molecule has 1 unspecified atom stereocenters. The number of quaternary nitrogens is 1. The fourth-order valence-electron chi connectivity index (χ4n) is 7.45. The Balaban J connectivity index is 1.41. The number of methoxy groups -OCH3 is 1. The van der Waals surface area contributed by atoms with E-state index in [0.717, 1.165) is 80.4 Å². The van der Waals surface area contributed by atoms with Gasteiger partial charge in [-0.25, -0.2) is 0 Å². The van der Waals surface area contributed by atoms with Crippen LogP contribution < -0.4 is 10.1 Å². The number of carbonyl (C=O) groups is 1. The van der Waals surface area contributed by atoms with E-state index in [1.54, 1.807) is 7.11 Å². The first-order valence-electron chi connectivity index (χ1n) is 14.7. The minimum absolute atomic E-state index is 0.0836. The van der Waals surface area contributed by atoms with Crippen LogP contribution in [0.5, 0.6) is 5.75 Å². The number of piperidine rings is 1. The number of likely N-dealkylation sites (N-methyl/N-ethyl adjacent to an activating group) is 1. The van der Waals surface area contributed by atoms with E-state index in [2.05, 4.69) is 68.7 Å². The standard InChI is InChI=1S/C33H48N2O3/c1-26(2)24-35(3)21-20-32(28-15-11-16-30(22-28)38-4)23-29(18-19-33(32,37)25-35)34-31(36)17-10-6-9-14-27-12-7-5-8-13-27/h5,7-8,11-13,15-16,22,26,29,37H,6,9-10,14,17-21,23-25H2,1-4H3/p+1/t29-,32-,33?,35+/m1/s1. The third-order valence-corrected chi connectivity index (χ3v) is 9.12. The normalized spacial score (nSPS) is 29.1. The fourth-order valence-corrected chi connectivity index (χ4v) is 7.45. The average molecular weight is 522 g/mol. The Morgan fingerprint density at radius 1 is 1.11 bits per heavy atom. The third kappa shape index (κ3) is 6.60. The highest BCUT2D eigenvalue weighted by Crippen LogP contribution is 2.53. The topological polar surface area (TPSA) is 58.6 Å². The van der Waals surface area contributed by atoms with Gasteiger partial charge in [-0.3, -0.25) is 4.79 Å². The highest BCUT2D eigenvalue weighted by Gasteiger charge is 2.61. The summed E-state index contributed by atoms with van der Waals surface area (Å²) < 4.78 is 6.48. The fraction of sp³-hybridized carbons (Fsp3) is 0.606. The molecule has 1 aliphatic carbocycles. The zero-order valence-electron chi connectivity index (χ0n) is 24.0. The van der Waals surface area contributed by atoms with Gasteiger partial charge in [0.25, 0.3) is 0 Å². The van der Waals surface area contributed by atoms with Crippen molar-refractivity contribution in [3.05, 3.63) is 65.7 Å². The first-order valence-corrected chi connectivity index (χ1v) is 14.7. The van der Waals surface area contributed by atoms with E-state index < -0.39 is 5.60 Å². The number of fused-ring (bicyclic) bond motifs is 1. The number of likely N-dealkylation sites (tertiary alicyclic amines) is 1. The summed E-state index contributed by atoms with van der Waals surface area (Å²) in [5, 5.41) is 15.8. The quantitative estimate of drug-likeness (QED) is 0.297. The number of ether oxygens (including phenoxy) is 1. The molecule has 5 nitrogen and oxygen atoms in total. The van der Waals surface area contributed by atoms with Crippen LogP contribution in [-0.2, 0) is 16.6 Å². The lowest BCUT2D eigenvalue weighted by atomic mass is 9.54. The monoisotopic (exact) mass is 521 g/mol. The second-order valence-electron chi connectivity index (χ2n) is 12.7. The van der Waals surface area contributed by atoms with Gasteiger partial charge in [-0.15, -0.1) is 0 Å². The number of benzene rings is 2. The Hall–Kier alpha value is -2.37. The van der Waals surface area contributed by atoms with Gasteiger partial charge in [-0.2, -0.15) is 0 Å². The van der Waals surface area contributed by atoms with E-state index in [9.17, 15) is 9.90 Å². The zero-order valence-corrected chi connectivity index (χ0v) is 24.0. The molecule has 0 radical (unpaired) electrons. The molecule has 0 spiro atoms. The predicted molar refractivity (Wildman–Crippen MR) is 154 cm³/mol. The maximum Gasteiger partial charge on any atom is 0.220 e. The number of amides is 1. The molecule has 208 valence electrons. The molecule has 4 rings (SSSR count). The molecule has 2 aromatic carbocycles. The van der Waals surface area contributed by atoms with E-state index in [1.807, 2.05) is 12.1 Å². The number of nitrogens with zero attached hydrogens (tertiary/aromatic N) is 1. The molecule has 2 fully saturated rings. The van der Waals surface area contributed by atoms with E-state index in [-0.39, 0.29) is 17.4 Å². The summed E-state index contributed by atoms with van der Waals surface area (Å²) in [4.78, 5) is 13.0. The van der Waals surface area contributed by atoms with Crippen molar-refractivity contribution >= 4 is 5.91 Å². The summed E-state index contributed by atoms with van der Waals surface area (Å²) in [5.41, 5.74) is 1.32. The number of aliphatic hydroxyl groups is 1. The Morgan fingerprint density at radius 3 is 2.63 bits per heavy atom. The number of carbonyl (C=O) groups excluding carboxylic acids is 1. The lowest BCUT2D eigenvalue weighted by molar-refractivity contribution is -0.926. The average Bonchev–Trinajstić information content (AvgIpc) is 2.88. The first kappa shape index (κ1) is 28.6. The Morgan fingerprint density at radius 2 is 1.89 bits per heavy atom. The van der Waals surface area contributed by atoms with Crippen molar-refractivity contribution in [3.63, 3.8) is 0 Å². The molecule has 2 aliphatic rings. The molecule has 5 heteroatoms. The maximum absolute atomic E-state index is 13.0. The molecular weight excluding hydrogens is 472 g/mol. The largest absolute Gasteiger partial charge is 0.497 e. The van der Waals surface area contributed by atoms with E-state index in [0.29, 0.717) is 18.8 Å². The van der Waals surface area contributed by atoms with Crippen molar-refractivity contribution in [2.24, 2.45) is 5.92 Å². The lowest BCUT2D eigenvalue weighted by Gasteiger charge is -2.60. The second-order valence-corrected chi connectivity index (χ2v) is 12.7. The molecule has 38 heavy (non-hydrogen) atoms. The summed E-state index contributed by atoms with van der Waals surface area (Å²) in [6.07, 6.45) is 7.95. The van der Waals surface area contributed by atoms with Crippen LogP contribution in [0.2, 0.25) is 0 Å². The van der Waals surface area contributed by atoms with Crippen molar-refractivity contribution in [2.45, 2.75) is 88.7 Å². The molecule has 1 aliphatic heterocycles. The molecule has 4 atom stereocenters. The van der Waals surface area contributed by atoms with Gasteiger partial charge in [0, 0.05) is 30.2 Å². The molecule has 2 aromatic rings. The van der Waals surface area contributed by atoms with E-state index in [1.165, 1.54) is 5.56 Å². The van der Waals surface area contributed by atoms with Crippen molar-refractivity contribution in [2.75, 3.05) is 33.8 Å². The van der Waals surface area contributed by atoms with E-state index >= 15 is 0 Å². The molecule has 1 saturated carbocycles. The van der Waals surface area contributed by atoms with Crippen molar-refractivity contribution in [3.8, 4) is 5.75 Å². The number of rotatable bonds is 11. The van der Waals surface area contributed by atoms with Crippen LogP contribution in [0.25, 0.3) is 0 Å². The van der Waals surface area contributed by atoms with Crippen LogP contribution in [0.15, 0.2) is 54.6 Å².